The van der Waals surface area contributed by atoms with Gasteiger partial charge in [0.25, 0.3) is 0 Å². The minimum Gasteiger partial charge on any atom is -0.488 e. The number of hydrogen-bond acceptors (Lipinski definition) is 6. The van der Waals surface area contributed by atoms with Crippen LogP contribution < -0.4 is 10.1 Å². The lowest BCUT2D eigenvalue weighted by molar-refractivity contribution is 0.243. The number of aryl methyl sites for hydroxylation is 2. The lowest BCUT2D eigenvalue weighted by Crippen LogP contribution is -2.26. The summed E-state index contributed by atoms with van der Waals surface area (Å²) in [5, 5.41) is 17.0. The Labute approximate surface area is 180 Å². The molecule has 2 atom stereocenters. The highest BCUT2D eigenvalue weighted by molar-refractivity contribution is 5.94. The predicted molar refractivity (Wildman–Crippen MR) is 120 cm³/mol. The summed E-state index contributed by atoms with van der Waals surface area (Å²) in [7, 11) is 0. The van der Waals surface area contributed by atoms with Crippen LogP contribution in [0, 0.1) is 19.8 Å². The smallest absolute Gasteiger partial charge is 0.204 e. The Balaban J connectivity index is 1.72. The molecule has 0 aliphatic carbocycles. The molecule has 0 bridgehead atoms. The van der Waals surface area contributed by atoms with Crippen molar-refractivity contribution in [2.75, 3.05) is 25.1 Å². The molecule has 0 fully saturated rings. The molecule has 31 heavy (non-hydrogen) atoms. The van der Waals surface area contributed by atoms with Crippen LogP contribution in [0.5, 0.6) is 5.75 Å². The molecule has 4 aromatic rings. The molecule has 2 N–H and O–H groups in total. The van der Waals surface area contributed by atoms with E-state index in [1.165, 1.54) is 0 Å². The van der Waals surface area contributed by atoms with Crippen LogP contribution in [0.2, 0.25) is 0 Å². The van der Waals surface area contributed by atoms with Gasteiger partial charge < -0.3 is 19.7 Å². The summed E-state index contributed by atoms with van der Waals surface area (Å²) in [5.41, 5.74) is 5.75. The Morgan fingerprint density at radius 2 is 2.00 bits per heavy atom. The summed E-state index contributed by atoms with van der Waals surface area (Å²) in [5.74, 6) is 2.47. The number of nitrogens with one attached hydrogen (secondary N) is 1. The molecular formula is C24H26N4O3. The zero-order valence-corrected chi connectivity index (χ0v) is 17.9. The van der Waals surface area contributed by atoms with Gasteiger partial charge in [-0.15, -0.1) is 0 Å². The fourth-order valence-electron chi connectivity index (χ4n) is 4.28. The third-order valence-corrected chi connectivity index (χ3v) is 5.91. The third kappa shape index (κ3) is 3.25. The van der Waals surface area contributed by atoms with Crippen LogP contribution in [-0.4, -0.2) is 39.6 Å². The number of benzene rings is 2. The van der Waals surface area contributed by atoms with Gasteiger partial charge in [-0.05, 0) is 37.5 Å². The molecule has 3 heterocycles. The molecule has 0 spiro atoms. The van der Waals surface area contributed by atoms with E-state index in [1.807, 2.05) is 51.1 Å². The van der Waals surface area contributed by atoms with E-state index in [9.17, 15) is 5.11 Å². The number of anilines is 1. The van der Waals surface area contributed by atoms with Crippen molar-refractivity contribution in [2.24, 2.45) is 5.92 Å². The summed E-state index contributed by atoms with van der Waals surface area (Å²) >= 11 is 0. The highest BCUT2D eigenvalue weighted by atomic mass is 16.5. The quantitative estimate of drug-likeness (QED) is 0.485. The number of aromatic nitrogens is 3. The Hall–Kier alpha value is -3.32. The molecular weight excluding hydrogens is 392 g/mol. The highest BCUT2D eigenvalue weighted by Crippen LogP contribution is 2.45. The topological polar surface area (TPSA) is 85.3 Å². The second kappa shape index (κ2) is 7.74. The van der Waals surface area contributed by atoms with Crippen molar-refractivity contribution in [3.05, 3.63) is 59.5 Å². The van der Waals surface area contributed by atoms with Crippen LogP contribution in [-0.2, 0) is 0 Å². The van der Waals surface area contributed by atoms with Crippen LogP contribution in [0.4, 0.5) is 5.95 Å². The van der Waals surface area contributed by atoms with E-state index in [1.54, 1.807) is 0 Å². The van der Waals surface area contributed by atoms with Gasteiger partial charge in [0.2, 0.25) is 5.95 Å². The minimum absolute atomic E-state index is 0.00875. The average molecular weight is 418 g/mol. The first kappa shape index (κ1) is 19.6. The molecule has 0 radical (unpaired) electrons. The van der Waals surface area contributed by atoms with E-state index in [0.717, 1.165) is 50.9 Å². The lowest BCUT2D eigenvalue weighted by Gasteiger charge is -2.29. The Kier molecular flexibility index (Phi) is 4.90. The molecule has 0 saturated carbocycles. The van der Waals surface area contributed by atoms with Gasteiger partial charge >= 0.3 is 0 Å². The summed E-state index contributed by atoms with van der Waals surface area (Å²) in [6.07, 6.45) is 0. The van der Waals surface area contributed by atoms with Crippen LogP contribution in [0.25, 0.3) is 22.2 Å². The number of aliphatic hydroxyl groups is 1. The predicted octanol–water partition coefficient (Wildman–Crippen LogP) is 4.33. The highest BCUT2D eigenvalue weighted by Gasteiger charge is 2.31. The van der Waals surface area contributed by atoms with Gasteiger partial charge in [-0.25, -0.2) is 4.98 Å². The Bertz CT molecular complexity index is 1210. The monoisotopic (exact) mass is 418 g/mol. The maximum Gasteiger partial charge on any atom is 0.204 e. The first-order chi connectivity index (χ1) is 15.1. The summed E-state index contributed by atoms with van der Waals surface area (Å²) in [6.45, 7) is 7.12. The van der Waals surface area contributed by atoms with E-state index in [2.05, 4.69) is 27.2 Å². The van der Waals surface area contributed by atoms with Crippen molar-refractivity contribution in [3.63, 3.8) is 0 Å². The summed E-state index contributed by atoms with van der Waals surface area (Å²) < 4.78 is 14.0. The molecule has 7 heteroatoms. The van der Waals surface area contributed by atoms with E-state index in [4.69, 9.17) is 14.2 Å². The van der Waals surface area contributed by atoms with Crippen molar-refractivity contribution in [1.29, 1.82) is 0 Å². The molecule has 2 unspecified atom stereocenters. The van der Waals surface area contributed by atoms with Crippen molar-refractivity contribution < 1.29 is 14.4 Å². The number of hydrogen-bond donors (Lipinski definition) is 2. The fourth-order valence-corrected chi connectivity index (χ4v) is 4.28. The van der Waals surface area contributed by atoms with Crippen LogP contribution in [0.1, 0.15) is 30.0 Å². The zero-order valence-electron chi connectivity index (χ0n) is 17.9. The molecule has 5 rings (SSSR count). The van der Waals surface area contributed by atoms with Crippen LogP contribution >= 0.6 is 0 Å². The Morgan fingerprint density at radius 3 is 2.71 bits per heavy atom. The second-order valence-electron chi connectivity index (χ2n) is 8.22. The third-order valence-electron chi connectivity index (χ3n) is 5.91. The lowest BCUT2D eigenvalue weighted by atomic mass is 10.00. The van der Waals surface area contributed by atoms with Gasteiger partial charge in [-0.3, -0.25) is 4.57 Å². The van der Waals surface area contributed by atoms with E-state index >= 15 is 0 Å². The molecule has 0 amide bonds. The van der Waals surface area contributed by atoms with E-state index < -0.39 is 0 Å². The number of imidazole rings is 1. The number of ether oxygens (including phenoxy) is 1. The molecule has 7 nitrogen and oxygen atoms in total. The van der Waals surface area contributed by atoms with Gasteiger partial charge in [-0.2, -0.15) is 0 Å². The maximum absolute atomic E-state index is 9.46. The number of nitrogens with zero attached hydrogens (tertiary/aromatic N) is 3. The zero-order chi connectivity index (χ0) is 21.5. The normalized spacial score (nSPS) is 16.3. The van der Waals surface area contributed by atoms with E-state index in [-0.39, 0.29) is 18.6 Å². The van der Waals surface area contributed by atoms with E-state index in [0.29, 0.717) is 13.2 Å². The van der Waals surface area contributed by atoms with Gasteiger partial charge in [0, 0.05) is 18.7 Å². The fraction of sp³-hybridized carbons (Fsp3) is 0.333. The molecule has 2 aromatic heterocycles. The molecule has 2 aromatic carbocycles. The second-order valence-corrected chi connectivity index (χ2v) is 8.22. The van der Waals surface area contributed by atoms with Gasteiger partial charge in [0.1, 0.15) is 17.9 Å². The number of rotatable bonds is 6. The molecule has 160 valence electrons. The SMILES string of the molecule is Cc1noc(C)c1-c1ccc2nc(NCC(C)CO)n3c2c1OCC3c1ccccc1. The van der Waals surface area contributed by atoms with Gasteiger partial charge in [-0.1, -0.05) is 42.4 Å². The summed E-state index contributed by atoms with van der Waals surface area (Å²) in [4.78, 5) is 4.88. The molecule has 1 aliphatic rings. The van der Waals surface area contributed by atoms with Gasteiger partial charge in [0.05, 0.1) is 22.8 Å². The summed E-state index contributed by atoms with van der Waals surface area (Å²) in [6, 6.07) is 14.4. The first-order valence-corrected chi connectivity index (χ1v) is 10.6. The van der Waals surface area contributed by atoms with Crippen molar-refractivity contribution in [1.82, 2.24) is 14.7 Å². The molecule has 1 aliphatic heterocycles. The van der Waals surface area contributed by atoms with Crippen molar-refractivity contribution in [2.45, 2.75) is 26.8 Å². The van der Waals surface area contributed by atoms with Crippen LogP contribution in [0.3, 0.4) is 0 Å². The van der Waals surface area contributed by atoms with Crippen molar-refractivity contribution in [3.8, 4) is 16.9 Å². The standard InChI is InChI=1S/C24H26N4O3/c1-14(12-29)11-25-24-26-19-10-9-18(21-15(2)27-31-16(21)3)23-22(19)28(24)20(13-30-23)17-7-5-4-6-8-17/h4-10,14,20,29H,11-13H2,1-3H3,(H,25,26). The average Bonchev–Trinajstić information content (AvgIpc) is 3.34. The molecule has 0 saturated heterocycles. The Morgan fingerprint density at radius 1 is 1.19 bits per heavy atom. The maximum atomic E-state index is 9.46. The largest absolute Gasteiger partial charge is 0.488 e. The van der Waals surface area contributed by atoms with Crippen molar-refractivity contribution >= 4 is 17.0 Å². The van der Waals surface area contributed by atoms with Crippen LogP contribution in [0.15, 0.2) is 47.0 Å². The van der Waals surface area contributed by atoms with Gasteiger partial charge in [0.15, 0.2) is 5.75 Å². The minimum atomic E-state index is -0.00875. The first-order valence-electron chi connectivity index (χ1n) is 10.6. The number of aliphatic hydroxyl groups excluding tert-OH is 1.